The first kappa shape index (κ1) is 23.2. The molecule has 6 N–H and O–H groups in total. The van der Waals surface area contributed by atoms with Gasteiger partial charge in [-0.05, 0) is 37.6 Å². The molecule has 0 unspecified atom stereocenters. The van der Waals surface area contributed by atoms with Crippen LogP contribution in [0.4, 0.5) is 5.69 Å². The molecule has 180 valence electrons. The van der Waals surface area contributed by atoms with E-state index in [9.17, 15) is 4.79 Å². The number of rotatable bonds is 9. The van der Waals surface area contributed by atoms with Crippen LogP contribution < -0.4 is 16.4 Å². The molecule has 0 saturated carbocycles. The highest BCUT2D eigenvalue weighted by Gasteiger charge is 2.16. The topological polar surface area (TPSA) is 126 Å². The number of nitrogens with two attached hydrogens (primary N) is 2. The number of quaternary nitrogens is 1. The van der Waals surface area contributed by atoms with Gasteiger partial charge in [-0.15, -0.1) is 0 Å². The Morgan fingerprint density at radius 3 is 2.81 bits per heavy atom. The molecule has 0 atom stereocenters. The molecule has 1 aliphatic carbocycles. The summed E-state index contributed by atoms with van der Waals surface area (Å²) < 4.78 is 1.97. The molecular weight excluding hydrogens is 450 g/mol. The molecule has 5 rings (SSSR count). The number of primary amides is 1. The number of benzene rings is 2. The number of allylic oxidation sites excluding steroid dienone is 2. The summed E-state index contributed by atoms with van der Waals surface area (Å²) in [5.74, 6) is -0.465. The molecular formula is C28H28N7O+. The number of hydrogen-bond donors (Lipinski definition) is 4. The minimum absolute atomic E-state index is 0.461. The predicted molar refractivity (Wildman–Crippen MR) is 143 cm³/mol. The predicted octanol–water partition coefficient (Wildman–Crippen LogP) is 3.42. The fourth-order valence-electron chi connectivity index (χ4n) is 4.30. The maximum Gasteiger partial charge on any atom is 0.250 e. The van der Waals surface area contributed by atoms with Crippen LogP contribution in [0.3, 0.4) is 0 Å². The molecule has 0 saturated heterocycles. The van der Waals surface area contributed by atoms with Gasteiger partial charge in [-0.3, -0.25) is 9.78 Å². The number of nitrogens with one attached hydrogen (secondary N) is 2. The molecule has 0 radical (unpaired) electrons. The van der Waals surface area contributed by atoms with Crippen molar-refractivity contribution in [3.8, 4) is 16.9 Å². The third kappa shape index (κ3) is 4.54. The third-order valence-corrected chi connectivity index (χ3v) is 6.20. The smallest absolute Gasteiger partial charge is 0.250 e. The second-order valence-electron chi connectivity index (χ2n) is 8.80. The fraction of sp³-hybridized carbons (Fsp3) is 0.143. The van der Waals surface area contributed by atoms with Crippen LogP contribution in [0.5, 0.6) is 0 Å². The van der Waals surface area contributed by atoms with Gasteiger partial charge in [-0.25, -0.2) is 4.98 Å². The standard InChI is InChI=1S/C28H27N7O/c1-17-10-23-21(4-3-5-26(23)35-15-25(33-16-35)20(12-29)14-31-2)27(34-17)19-8-9-22(28(30)36)24(11-19)32-13-18-6-7-18/h3-6,8-12,14-16,29,31-32H,7,13H2,1-2H3,(H2,30,36)/p+1. The van der Waals surface area contributed by atoms with E-state index in [4.69, 9.17) is 16.1 Å². The van der Waals surface area contributed by atoms with E-state index in [0.29, 0.717) is 17.8 Å². The molecule has 0 bridgehead atoms. The zero-order valence-electron chi connectivity index (χ0n) is 20.2. The summed E-state index contributed by atoms with van der Waals surface area (Å²) in [5, 5.41) is 15.0. The van der Waals surface area contributed by atoms with E-state index < -0.39 is 5.91 Å². The summed E-state index contributed by atoms with van der Waals surface area (Å²) in [6.07, 6.45) is 10.0. The summed E-state index contributed by atoms with van der Waals surface area (Å²) in [6.45, 7) is 2.67. The minimum Gasteiger partial charge on any atom is -0.381 e. The van der Waals surface area contributed by atoms with Gasteiger partial charge in [0.1, 0.15) is 6.20 Å². The van der Waals surface area contributed by atoms with E-state index in [-0.39, 0.29) is 0 Å². The quantitative estimate of drug-likeness (QED) is 0.217. The summed E-state index contributed by atoms with van der Waals surface area (Å²) in [7, 11) is 1.92. The summed E-state index contributed by atoms with van der Waals surface area (Å²) in [5.41, 5.74) is 13.2. The van der Waals surface area contributed by atoms with Gasteiger partial charge in [-0.1, -0.05) is 29.8 Å². The Labute approximate surface area is 209 Å². The lowest BCUT2D eigenvalue weighted by atomic mass is 9.99. The number of hydrogen-bond acceptors (Lipinski definition) is 5. The summed E-state index contributed by atoms with van der Waals surface area (Å²) in [6, 6.07) is 13.8. The average molecular weight is 479 g/mol. The molecule has 36 heavy (non-hydrogen) atoms. The van der Waals surface area contributed by atoms with Crippen molar-refractivity contribution < 1.29 is 10.1 Å². The van der Waals surface area contributed by atoms with E-state index in [2.05, 4.69) is 28.5 Å². The van der Waals surface area contributed by atoms with Crippen molar-refractivity contribution in [1.29, 1.82) is 5.41 Å². The number of aryl methyl sites for hydroxylation is 1. The molecule has 2 aromatic carbocycles. The highest BCUT2D eigenvalue weighted by molar-refractivity contribution is 6.07. The van der Waals surface area contributed by atoms with Crippen molar-refractivity contribution in [3.63, 3.8) is 0 Å². The number of carbonyl (C=O) groups excluding carboxylic acids is 1. The first-order valence-electron chi connectivity index (χ1n) is 11.8. The van der Waals surface area contributed by atoms with Gasteiger partial charge in [-0.2, -0.15) is 0 Å². The van der Waals surface area contributed by atoms with Gasteiger partial charge >= 0.3 is 0 Å². The first-order chi connectivity index (χ1) is 17.5. The molecule has 0 fully saturated rings. The Hall–Kier alpha value is -4.56. The monoisotopic (exact) mass is 478 g/mol. The number of aromatic nitrogens is 3. The highest BCUT2D eigenvalue weighted by atomic mass is 16.1. The van der Waals surface area contributed by atoms with Crippen LogP contribution in [0.1, 0.15) is 28.2 Å². The van der Waals surface area contributed by atoms with Gasteiger partial charge in [0, 0.05) is 46.7 Å². The van der Waals surface area contributed by atoms with Gasteiger partial charge in [0.15, 0.2) is 0 Å². The normalized spacial score (nSPS) is 12.9. The number of fused-ring (bicyclic) bond motifs is 1. The molecule has 4 aromatic rings. The van der Waals surface area contributed by atoms with Crippen LogP contribution in [-0.2, 0) is 0 Å². The highest BCUT2D eigenvalue weighted by Crippen LogP contribution is 2.34. The summed E-state index contributed by atoms with van der Waals surface area (Å²) >= 11 is 0. The number of imidazole rings is 1. The molecule has 2 aromatic heterocycles. The Morgan fingerprint density at radius 2 is 2.08 bits per heavy atom. The Kier molecular flexibility index (Phi) is 6.18. The minimum atomic E-state index is -0.465. The number of pyridine rings is 1. The maximum atomic E-state index is 12.0. The van der Waals surface area contributed by atoms with Crippen LogP contribution in [-0.4, -0.2) is 40.2 Å². The molecule has 8 heteroatoms. The Balaban J connectivity index is 1.62. The van der Waals surface area contributed by atoms with E-state index in [0.717, 1.165) is 51.1 Å². The van der Waals surface area contributed by atoms with Crippen molar-refractivity contribution in [1.82, 2.24) is 14.5 Å². The second kappa shape index (κ2) is 9.59. The van der Waals surface area contributed by atoms with Crippen LogP contribution in [0, 0.1) is 12.3 Å². The van der Waals surface area contributed by atoms with Crippen molar-refractivity contribution >= 4 is 34.2 Å². The SMILES string of the molecule is C[NH2+]C=C(C=N)c1cn(-c2cccc3c(-c4ccc(C(N)=O)c(NCC5=CC5)c4)nc(C)cc23)cn1. The largest absolute Gasteiger partial charge is 0.381 e. The zero-order valence-corrected chi connectivity index (χ0v) is 20.2. The molecule has 1 aliphatic rings. The Bertz CT molecular complexity index is 1560. The van der Waals surface area contributed by atoms with E-state index in [1.54, 1.807) is 12.4 Å². The summed E-state index contributed by atoms with van der Waals surface area (Å²) in [4.78, 5) is 21.4. The van der Waals surface area contributed by atoms with Crippen molar-refractivity contribution in [3.05, 3.63) is 89.8 Å². The molecule has 1 amide bonds. The van der Waals surface area contributed by atoms with Crippen LogP contribution >= 0.6 is 0 Å². The number of anilines is 1. The maximum absolute atomic E-state index is 12.0. The van der Waals surface area contributed by atoms with Crippen molar-refractivity contribution in [2.24, 2.45) is 5.73 Å². The van der Waals surface area contributed by atoms with E-state index in [1.807, 2.05) is 60.5 Å². The molecule has 2 heterocycles. The van der Waals surface area contributed by atoms with Gasteiger partial charge < -0.3 is 26.3 Å². The first-order valence-corrected chi connectivity index (χ1v) is 11.8. The lowest BCUT2D eigenvalue weighted by Crippen LogP contribution is -2.72. The molecule has 0 aliphatic heterocycles. The van der Waals surface area contributed by atoms with Gasteiger partial charge in [0.05, 0.1) is 41.6 Å². The van der Waals surface area contributed by atoms with Crippen LogP contribution in [0.25, 0.3) is 33.3 Å². The number of amides is 1. The Morgan fingerprint density at radius 1 is 1.25 bits per heavy atom. The second-order valence-corrected chi connectivity index (χ2v) is 8.80. The number of carbonyl (C=O) groups is 1. The third-order valence-electron chi connectivity index (χ3n) is 6.20. The molecule has 0 spiro atoms. The zero-order chi connectivity index (χ0) is 25.2. The van der Waals surface area contributed by atoms with Crippen molar-refractivity contribution in [2.45, 2.75) is 13.3 Å². The number of nitrogens with zero attached hydrogens (tertiary/aromatic N) is 3. The average Bonchev–Trinajstić information content (AvgIpc) is 3.59. The lowest BCUT2D eigenvalue weighted by Gasteiger charge is -2.15. The van der Waals surface area contributed by atoms with Crippen LogP contribution in [0.2, 0.25) is 0 Å². The van der Waals surface area contributed by atoms with Crippen molar-refractivity contribution in [2.75, 3.05) is 18.9 Å². The lowest BCUT2D eigenvalue weighted by molar-refractivity contribution is -0.555. The van der Waals surface area contributed by atoms with E-state index >= 15 is 0 Å². The van der Waals surface area contributed by atoms with E-state index in [1.165, 1.54) is 11.8 Å². The van der Waals surface area contributed by atoms with Crippen LogP contribution in [0.15, 0.2) is 72.8 Å². The fourth-order valence-corrected chi connectivity index (χ4v) is 4.30. The van der Waals surface area contributed by atoms with Gasteiger partial charge in [0.25, 0.3) is 5.91 Å². The van der Waals surface area contributed by atoms with Gasteiger partial charge in [0.2, 0.25) is 0 Å². The molecule has 8 nitrogen and oxygen atoms in total.